The summed E-state index contributed by atoms with van der Waals surface area (Å²) in [6, 6.07) is 15.3. The van der Waals surface area contributed by atoms with Crippen LogP contribution in [0, 0.1) is 0 Å². The standard InChI is InChI=1S/C17H15BrO2/c1-2-14-12-15(18)9-10-16(14)20-17(19)11-8-13-6-4-3-5-7-13/h3-12H,2H2,1H3/b11-8+. The highest BCUT2D eigenvalue weighted by atomic mass is 79.9. The molecular formula is C17H15BrO2. The molecule has 0 amide bonds. The zero-order valence-corrected chi connectivity index (χ0v) is 12.8. The first kappa shape index (κ1) is 14.5. The average molecular weight is 331 g/mol. The summed E-state index contributed by atoms with van der Waals surface area (Å²) >= 11 is 3.41. The number of aryl methyl sites for hydroxylation is 1. The van der Waals surface area contributed by atoms with E-state index in [1.54, 1.807) is 12.1 Å². The fourth-order valence-corrected chi connectivity index (χ4v) is 2.20. The van der Waals surface area contributed by atoms with Crippen molar-refractivity contribution in [3.63, 3.8) is 0 Å². The topological polar surface area (TPSA) is 26.3 Å². The molecule has 20 heavy (non-hydrogen) atoms. The maximum Gasteiger partial charge on any atom is 0.336 e. The average Bonchev–Trinajstić information content (AvgIpc) is 2.48. The SMILES string of the molecule is CCc1cc(Br)ccc1OC(=O)/C=C/c1ccccc1. The molecule has 0 heterocycles. The smallest absolute Gasteiger partial charge is 0.336 e. The molecular weight excluding hydrogens is 316 g/mol. The van der Waals surface area contributed by atoms with Crippen molar-refractivity contribution >= 4 is 28.0 Å². The summed E-state index contributed by atoms with van der Waals surface area (Å²) in [7, 11) is 0. The predicted molar refractivity (Wildman–Crippen MR) is 84.6 cm³/mol. The highest BCUT2D eigenvalue weighted by molar-refractivity contribution is 9.10. The third kappa shape index (κ3) is 4.07. The van der Waals surface area contributed by atoms with Gasteiger partial charge in [-0.25, -0.2) is 4.79 Å². The third-order valence-corrected chi connectivity index (χ3v) is 3.32. The Bertz CT molecular complexity index is 618. The molecule has 0 spiro atoms. The van der Waals surface area contributed by atoms with Crippen LogP contribution in [-0.2, 0) is 11.2 Å². The summed E-state index contributed by atoms with van der Waals surface area (Å²) in [6.07, 6.45) is 3.99. The van der Waals surface area contributed by atoms with Gasteiger partial charge in [-0.05, 0) is 41.8 Å². The molecule has 2 aromatic carbocycles. The van der Waals surface area contributed by atoms with Gasteiger partial charge in [-0.2, -0.15) is 0 Å². The lowest BCUT2D eigenvalue weighted by molar-refractivity contribution is -0.128. The minimum Gasteiger partial charge on any atom is -0.423 e. The second-order valence-electron chi connectivity index (χ2n) is 4.27. The first-order chi connectivity index (χ1) is 9.69. The van der Waals surface area contributed by atoms with Gasteiger partial charge in [0.1, 0.15) is 5.75 Å². The Morgan fingerprint density at radius 3 is 2.65 bits per heavy atom. The number of halogens is 1. The van der Waals surface area contributed by atoms with E-state index >= 15 is 0 Å². The van der Waals surface area contributed by atoms with E-state index in [0.717, 1.165) is 22.0 Å². The molecule has 2 nitrogen and oxygen atoms in total. The van der Waals surface area contributed by atoms with E-state index in [0.29, 0.717) is 5.75 Å². The maximum absolute atomic E-state index is 11.8. The number of benzene rings is 2. The summed E-state index contributed by atoms with van der Waals surface area (Å²) in [5.41, 5.74) is 1.97. The molecule has 0 aromatic heterocycles. The van der Waals surface area contributed by atoms with Crippen molar-refractivity contribution < 1.29 is 9.53 Å². The van der Waals surface area contributed by atoms with Gasteiger partial charge in [-0.15, -0.1) is 0 Å². The van der Waals surface area contributed by atoms with Crippen LogP contribution in [0.1, 0.15) is 18.1 Å². The largest absolute Gasteiger partial charge is 0.423 e. The van der Waals surface area contributed by atoms with E-state index in [1.807, 2.05) is 49.4 Å². The van der Waals surface area contributed by atoms with Crippen molar-refractivity contribution in [3.8, 4) is 5.75 Å². The zero-order valence-electron chi connectivity index (χ0n) is 11.2. The van der Waals surface area contributed by atoms with E-state index in [2.05, 4.69) is 15.9 Å². The van der Waals surface area contributed by atoms with E-state index in [9.17, 15) is 4.79 Å². The van der Waals surface area contributed by atoms with E-state index in [4.69, 9.17) is 4.74 Å². The Labute approximate surface area is 127 Å². The van der Waals surface area contributed by atoms with Gasteiger partial charge in [0.2, 0.25) is 0 Å². The van der Waals surface area contributed by atoms with Gasteiger partial charge >= 0.3 is 5.97 Å². The zero-order chi connectivity index (χ0) is 14.4. The highest BCUT2D eigenvalue weighted by Crippen LogP contribution is 2.23. The molecule has 0 unspecified atom stereocenters. The molecule has 0 aliphatic carbocycles. The van der Waals surface area contributed by atoms with Gasteiger partial charge in [0.05, 0.1) is 0 Å². The minimum atomic E-state index is -0.370. The maximum atomic E-state index is 11.8. The molecule has 0 saturated carbocycles. The summed E-state index contributed by atoms with van der Waals surface area (Å²) in [6.45, 7) is 2.03. The van der Waals surface area contributed by atoms with Crippen LogP contribution in [0.4, 0.5) is 0 Å². The van der Waals surface area contributed by atoms with E-state index in [1.165, 1.54) is 6.08 Å². The number of carbonyl (C=O) groups is 1. The van der Waals surface area contributed by atoms with Gasteiger partial charge in [0.25, 0.3) is 0 Å². The van der Waals surface area contributed by atoms with Crippen LogP contribution in [-0.4, -0.2) is 5.97 Å². The first-order valence-electron chi connectivity index (χ1n) is 6.42. The monoisotopic (exact) mass is 330 g/mol. The molecule has 0 saturated heterocycles. The number of ether oxygens (including phenoxy) is 1. The van der Waals surface area contributed by atoms with Crippen LogP contribution in [0.3, 0.4) is 0 Å². The quantitative estimate of drug-likeness (QED) is 0.464. The Hall–Kier alpha value is -1.87. The van der Waals surface area contributed by atoms with Crippen LogP contribution in [0.15, 0.2) is 59.1 Å². The molecule has 102 valence electrons. The summed E-state index contributed by atoms with van der Waals surface area (Å²) in [4.78, 5) is 11.8. The number of hydrogen-bond donors (Lipinski definition) is 0. The molecule has 0 aliphatic heterocycles. The molecule has 3 heteroatoms. The van der Waals surface area contributed by atoms with Crippen LogP contribution < -0.4 is 4.74 Å². The fraction of sp³-hybridized carbons (Fsp3) is 0.118. The molecule has 0 N–H and O–H groups in total. The van der Waals surface area contributed by atoms with Crippen molar-refractivity contribution in [1.82, 2.24) is 0 Å². The summed E-state index contributed by atoms with van der Waals surface area (Å²) < 4.78 is 6.35. The summed E-state index contributed by atoms with van der Waals surface area (Å²) in [5.74, 6) is 0.240. The summed E-state index contributed by atoms with van der Waals surface area (Å²) in [5, 5.41) is 0. The number of hydrogen-bond acceptors (Lipinski definition) is 2. The molecule has 0 radical (unpaired) electrons. The Morgan fingerprint density at radius 2 is 1.95 bits per heavy atom. The van der Waals surface area contributed by atoms with Gasteiger partial charge in [0, 0.05) is 10.5 Å². The Morgan fingerprint density at radius 1 is 1.20 bits per heavy atom. The number of carbonyl (C=O) groups excluding carboxylic acids is 1. The lowest BCUT2D eigenvalue weighted by Crippen LogP contribution is -2.05. The van der Waals surface area contributed by atoms with Crippen molar-refractivity contribution in [2.45, 2.75) is 13.3 Å². The van der Waals surface area contributed by atoms with Crippen LogP contribution in [0.25, 0.3) is 6.08 Å². The first-order valence-corrected chi connectivity index (χ1v) is 7.21. The predicted octanol–water partition coefficient (Wildman–Crippen LogP) is 4.63. The van der Waals surface area contributed by atoms with Gasteiger partial charge in [0.15, 0.2) is 0 Å². The lowest BCUT2D eigenvalue weighted by atomic mass is 10.1. The highest BCUT2D eigenvalue weighted by Gasteiger charge is 2.06. The normalized spacial score (nSPS) is 10.7. The van der Waals surface area contributed by atoms with E-state index in [-0.39, 0.29) is 5.97 Å². The molecule has 2 aromatic rings. The Kier molecular flexibility index (Phi) is 5.13. The molecule has 0 fully saturated rings. The second-order valence-corrected chi connectivity index (χ2v) is 5.19. The van der Waals surface area contributed by atoms with Crippen LogP contribution in [0.2, 0.25) is 0 Å². The molecule has 0 aliphatic rings. The van der Waals surface area contributed by atoms with Crippen molar-refractivity contribution in [2.75, 3.05) is 0 Å². The molecule has 2 rings (SSSR count). The van der Waals surface area contributed by atoms with Crippen LogP contribution >= 0.6 is 15.9 Å². The number of rotatable bonds is 4. The number of esters is 1. The van der Waals surface area contributed by atoms with Crippen molar-refractivity contribution in [1.29, 1.82) is 0 Å². The Balaban J connectivity index is 2.07. The van der Waals surface area contributed by atoms with E-state index < -0.39 is 0 Å². The minimum absolute atomic E-state index is 0.370. The van der Waals surface area contributed by atoms with Gasteiger partial charge in [-0.3, -0.25) is 0 Å². The lowest BCUT2D eigenvalue weighted by Gasteiger charge is -2.07. The molecule has 0 atom stereocenters. The second kappa shape index (κ2) is 7.06. The molecule has 0 bridgehead atoms. The van der Waals surface area contributed by atoms with Gasteiger partial charge in [-0.1, -0.05) is 53.2 Å². The van der Waals surface area contributed by atoms with Crippen molar-refractivity contribution in [2.24, 2.45) is 0 Å². The van der Waals surface area contributed by atoms with Crippen LogP contribution in [0.5, 0.6) is 5.75 Å². The van der Waals surface area contributed by atoms with Gasteiger partial charge < -0.3 is 4.74 Å². The third-order valence-electron chi connectivity index (χ3n) is 2.83. The van der Waals surface area contributed by atoms with Crippen molar-refractivity contribution in [3.05, 3.63) is 70.2 Å². The fourth-order valence-electron chi connectivity index (χ4n) is 1.79.